The largest absolute Gasteiger partial charge is 0.349 e. The minimum atomic E-state index is -0.148. The van der Waals surface area contributed by atoms with E-state index in [9.17, 15) is 9.59 Å². The normalized spacial score (nSPS) is 22.3. The van der Waals surface area contributed by atoms with E-state index in [1.165, 1.54) is 17.9 Å². The van der Waals surface area contributed by atoms with Gasteiger partial charge in [0.15, 0.2) is 0 Å². The summed E-state index contributed by atoms with van der Waals surface area (Å²) in [4.78, 5) is 25.6. The second-order valence-electron chi connectivity index (χ2n) is 5.27. The van der Waals surface area contributed by atoms with Gasteiger partial charge in [-0.15, -0.1) is 0 Å². The molecule has 106 valence electrons. The van der Waals surface area contributed by atoms with Crippen LogP contribution in [0.25, 0.3) is 0 Å². The molecule has 0 aromatic carbocycles. The number of hydrazone groups is 1. The molecule has 0 aromatic rings. The molecule has 0 spiro atoms. The second kappa shape index (κ2) is 6.14. The Hall–Kier alpha value is -1.43. The fraction of sp³-hybridized carbons (Fsp3) is 0.769. The van der Waals surface area contributed by atoms with Gasteiger partial charge in [-0.1, -0.05) is 0 Å². The number of likely N-dealkylation sites (tertiary alicyclic amines) is 1. The summed E-state index contributed by atoms with van der Waals surface area (Å²) in [5.74, 6) is -0.188. The van der Waals surface area contributed by atoms with E-state index in [1.54, 1.807) is 7.05 Å². The second-order valence-corrected chi connectivity index (χ2v) is 5.27. The van der Waals surface area contributed by atoms with E-state index >= 15 is 0 Å². The van der Waals surface area contributed by atoms with Crippen LogP contribution in [0.5, 0.6) is 0 Å². The lowest BCUT2D eigenvalue weighted by atomic mass is 10.1. The molecule has 1 fully saturated rings. The molecule has 1 N–H and O–H groups in total. The Morgan fingerprint density at radius 2 is 2.05 bits per heavy atom. The van der Waals surface area contributed by atoms with Gasteiger partial charge in [0.1, 0.15) is 5.71 Å². The number of nitrogens with one attached hydrogen (secondary N) is 1. The highest BCUT2D eigenvalue weighted by molar-refractivity contribution is 6.39. The van der Waals surface area contributed by atoms with Crippen LogP contribution in [0, 0.1) is 0 Å². The summed E-state index contributed by atoms with van der Waals surface area (Å²) in [6, 6.07) is 0.356. The van der Waals surface area contributed by atoms with Gasteiger partial charge in [0.2, 0.25) is 5.91 Å². The van der Waals surface area contributed by atoms with Crippen molar-refractivity contribution in [2.24, 2.45) is 5.10 Å². The number of carbonyl (C=O) groups is 2. The van der Waals surface area contributed by atoms with Crippen molar-refractivity contribution in [1.29, 1.82) is 0 Å². The Kier molecular flexibility index (Phi) is 4.52. The lowest BCUT2D eigenvalue weighted by Crippen LogP contribution is -2.44. The van der Waals surface area contributed by atoms with Gasteiger partial charge in [-0.2, -0.15) is 5.10 Å². The van der Waals surface area contributed by atoms with E-state index in [1.807, 2.05) is 0 Å². The van der Waals surface area contributed by atoms with Crippen LogP contribution in [0.2, 0.25) is 0 Å². The van der Waals surface area contributed by atoms with Crippen molar-refractivity contribution in [2.45, 2.75) is 38.6 Å². The summed E-state index contributed by atoms with van der Waals surface area (Å²) >= 11 is 0. The third kappa shape index (κ3) is 3.53. The molecule has 2 aliphatic rings. The van der Waals surface area contributed by atoms with Crippen molar-refractivity contribution >= 4 is 17.5 Å². The Balaban J connectivity index is 1.81. The molecule has 2 rings (SSSR count). The quantitative estimate of drug-likeness (QED) is 0.790. The molecule has 1 saturated heterocycles. The first kappa shape index (κ1) is 14.0. The summed E-state index contributed by atoms with van der Waals surface area (Å²) < 4.78 is 0. The Bertz CT molecular complexity index is 388. The highest BCUT2D eigenvalue weighted by atomic mass is 16.2. The molecule has 2 heterocycles. The van der Waals surface area contributed by atoms with Gasteiger partial charge >= 0.3 is 0 Å². The van der Waals surface area contributed by atoms with E-state index in [4.69, 9.17) is 0 Å². The van der Waals surface area contributed by atoms with Crippen LogP contribution < -0.4 is 5.32 Å². The van der Waals surface area contributed by atoms with Crippen LogP contribution in [-0.2, 0) is 9.59 Å². The number of nitrogens with zero attached hydrogens (tertiary/aromatic N) is 3. The standard InChI is InChI=1S/C13H22N4O2/c1-10(17-7-3-4-8-17)9-14-13(19)11-5-6-12(18)16(2)15-11/h10H,3-9H2,1-2H3,(H,14,19)/t10-/m1/s1. The van der Waals surface area contributed by atoms with Crippen LogP contribution in [0.4, 0.5) is 0 Å². The van der Waals surface area contributed by atoms with Gasteiger partial charge in [0.05, 0.1) is 0 Å². The van der Waals surface area contributed by atoms with Crippen molar-refractivity contribution in [3.63, 3.8) is 0 Å². The van der Waals surface area contributed by atoms with Crippen LogP contribution in [-0.4, -0.2) is 60.2 Å². The first-order valence-corrected chi connectivity index (χ1v) is 6.94. The van der Waals surface area contributed by atoms with Gasteiger partial charge < -0.3 is 5.32 Å². The highest BCUT2D eigenvalue weighted by Crippen LogP contribution is 2.11. The monoisotopic (exact) mass is 266 g/mol. The number of carbonyl (C=O) groups excluding carboxylic acids is 2. The maximum absolute atomic E-state index is 12.0. The third-order valence-corrected chi connectivity index (χ3v) is 3.79. The molecule has 0 aromatic heterocycles. The summed E-state index contributed by atoms with van der Waals surface area (Å²) in [5.41, 5.74) is 0.454. The first-order chi connectivity index (χ1) is 9.08. The molecular weight excluding hydrogens is 244 g/mol. The number of amides is 2. The highest BCUT2D eigenvalue weighted by Gasteiger charge is 2.23. The molecule has 0 bridgehead atoms. The van der Waals surface area contributed by atoms with Crippen molar-refractivity contribution in [2.75, 3.05) is 26.7 Å². The average Bonchev–Trinajstić information content (AvgIpc) is 2.92. The predicted molar refractivity (Wildman–Crippen MR) is 72.7 cm³/mol. The Morgan fingerprint density at radius 3 is 2.68 bits per heavy atom. The first-order valence-electron chi connectivity index (χ1n) is 6.94. The fourth-order valence-corrected chi connectivity index (χ4v) is 2.49. The van der Waals surface area contributed by atoms with Crippen LogP contribution >= 0.6 is 0 Å². The molecular formula is C13H22N4O2. The number of hydrogen-bond acceptors (Lipinski definition) is 4. The number of hydrogen-bond donors (Lipinski definition) is 1. The van der Waals surface area contributed by atoms with Crippen LogP contribution in [0.15, 0.2) is 5.10 Å². The smallest absolute Gasteiger partial charge is 0.267 e. The Morgan fingerprint density at radius 1 is 1.37 bits per heavy atom. The lowest BCUT2D eigenvalue weighted by molar-refractivity contribution is -0.130. The molecule has 1 atom stereocenters. The zero-order valence-corrected chi connectivity index (χ0v) is 11.7. The van der Waals surface area contributed by atoms with E-state index in [2.05, 4.69) is 22.2 Å². The molecule has 6 heteroatoms. The SMILES string of the molecule is C[C@H](CNC(=O)C1=NN(C)C(=O)CC1)N1CCCC1. The van der Waals surface area contributed by atoms with Gasteiger partial charge in [-0.25, -0.2) is 5.01 Å². The van der Waals surface area contributed by atoms with E-state index in [0.717, 1.165) is 13.1 Å². The topological polar surface area (TPSA) is 65.0 Å². The molecule has 2 amide bonds. The summed E-state index contributed by atoms with van der Waals surface area (Å²) in [7, 11) is 1.58. The van der Waals surface area contributed by atoms with Gasteiger partial charge in [-0.3, -0.25) is 14.5 Å². The van der Waals surface area contributed by atoms with Gasteiger partial charge in [0.25, 0.3) is 5.91 Å². The third-order valence-electron chi connectivity index (χ3n) is 3.79. The van der Waals surface area contributed by atoms with E-state index in [0.29, 0.717) is 31.1 Å². The molecule has 2 aliphatic heterocycles. The maximum Gasteiger partial charge on any atom is 0.267 e. The fourth-order valence-electron chi connectivity index (χ4n) is 2.49. The van der Waals surface area contributed by atoms with Crippen LogP contribution in [0.1, 0.15) is 32.6 Å². The lowest BCUT2D eigenvalue weighted by Gasteiger charge is -2.24. The maximum atomic E-state index is 12.0. The minimum Gasteiger partial charge on any atom is -0.349 e. The minimum absolute atomic E-state index is 0.0398. The zero-order valence-electron chi connectivity index (χ0n) is 11.7. The Labute approximate surface area is 113 Å². The average molecular weight is 266 g/mol. The van der Waals surface area contributed by atoms with E-state index in [-0.39, 0.29) is 11.8 Å². The van der Waals surface area contributed by atoms with Crippen LogP contribution in [0.3, 0.4) is 0 Å². The predicted octanol–water partition coefficient (Wildman–Crippen LogP) is 0.195. The molecule has 0 aliphatic carbocycles. The number of rotatable bonds is 4. The van der Waals surface area contributed by atoms with Crippen molar-refractivity contribution in [3.05, 3.63) is 0 Å². The molecule has 0 saturated carbocycles. The molecule has 0 unspecified atom stereocenters. The molecule has 6 nitrogen and oxygen atoms in total. The van der Waals surface area contributed by atoms with Crippen molar-refractivity contribution in [1.82, 2.24) is 15.2 Å². The summed E-state index contributed by atoms with van der Waals surface area (Å²) in [6.07, 6.45) is 3.30. The van der Waals surface area contributed by atoms with Crippen molar-refractivity contribution in [3.8, 4) is 0 Å². The zero-order chi connectivity index (χ0) is 13.8. The van der Waals surface area contributed by atoms with Gasteiger partial charge in [0, 0.05) is 32.5 Å². The van der Waals surface area contributed by atoms with E-state index < -0.39 is 0 Å². The van der Waals surface area contributed by atoms with Gasteiger partial charge in [-0.05, 0) is 32.9 Å². The molecule has 19 heavy (non-hydrogen) atoms. The summed E-state index contributed by atoms with van der Waals surface area (Å²) in [5, 5.41) is 8.18. The van der Waals surface area contributed by atoms with Crippen molar-refractivity contribution < 1.29 is 9.59 Å². The molecule has 0 radical (unpaired) electrons. The summed E-state index contributed by atoms with van der Waals surface area (Å²) in [6.45, 7) is 5.00.